The third-order valence-electron chi connectivity index (χ3n) is 3.29. The first-order valence-corrected chi connectivity index (χ1v) is 8.75. The second-order valence-electron chi connectivity index (χ2n) is 5.82. The number of nitrogens with zero attached hydrogens (tertiary/aromatic N) is 3. The van der Waals surface area contributed by atoms with Gasteiger partial charge in [0.2, 0.25) is 5.91 Å². The lowest BCUT2D eigenvalue weighted by Crippen LogP contribution is -2.33. The maximum absolute atomic E-state index is 12.1. The van der Waals surface area contributed by atoms with Crippen LogP contribution in [0.3, 0.4) is 0 Å². The first-order chi connectivity index (χ1) is 10.9. The van der Waals surface area contributed by atoms with E-state index in [0.717, 1.165) is 11.3 Å². The minimum Gasteiger partial charge on any atom is -0.355 e. The number of aryl methyl sites for hydroxylation is 1. The van der Waals surface area contributed by atoms with Crippen LogP contribution in [0.2, 0.25) is 5.02 Å². The van der Waals surface area contributed by atoms with Crippen LogP contribution in [0.4, 0.5) is 0 Å². The van der Waals surface area contributed by atoms with Crippen molar-refractivity contribution in [3.05, 3.63) is 35.1 Å². The molecule has 1 N–H and O–H groups in total. The molecule has 124 valence electrons. The molecule has 2 rings (SSSR count). The second-order valence-corrected chi connectivity index (χ2v) is 7.53. The molecule has 0 fully saturated rings. The fourth-order valence-electron chi connectivity index (χ4n) is 1.87. The van der Waals surface area contributed by atoms with E-state index in [4.69, 9.17) is 11.6 Å². The number of halogens is 1. The van der Waals surface area contributed by atoms with E-state index in [0.29, 0.717) is 22.6 Å². The third-order valence-corrected chi connectivity index (χ3v) is 4.75. The molecule has 7 heteroatoms. The molecule has 1 atom stereocenters. The minimum absolute atomic E-state index is 0.000175. The van der Waals surface area contributed by atoms with Crippen molar-refractivity contribution in [2.75, 3.05) is 6.54 Å². The molecule has 0 aliphatic rings. The molecular weight excluding hydrogens is 332 g/mol. The molecule has 1 amide bonds. The average Bonchev–Trinajstić information content (AvgIpc) is 2.95. The maximum Gasteiger partial charge on any atom is 0.233 e. The van der Waals surface area contributed by atoms with Crippen LogP contribution >= 0.6 is 23.4 Å². The van der Waals surface area contributed by atoms with Crippen molar-refractivity contribution in [2.45, 2.75) is 38.1 Å². The summed E-state index contributed by atoms with van der Waals surface area (Å²) in [5, 5.41) is 12.1. The van der Waals surface area contributed by atoms with Crippen molar-refractivity contribution < 1.29 is 4.79 Å². The van der Waals surface area contributed by atoms with Gasteiger partial charge in [-0.2, -0.15) is 0 Å². The summed E-state index contributed by atoms with van der Waals surface area (Å²) >= 11 is 7.56. The summed E-state index contributed by atoms with van der Waals surface area (Å²) in [4.78, 5) is 12.1. The summed E-state index contributed by atoms with van der Waals surface area (Å²) < 4.78 is 1.84. The number of benzene rings is 1. The van der Waals surface area contributed by atoms with Gasteiger partial charge in [0, 0.05) is 11.6 Å². The van der Waals surface area contributed by atoms with E-state index >= 15 is 0 Å². The Morgan fingerprint density at radius 3 is 2.78 bits per heavy atom. The van der Waals surface area contributed by atoms with Crippen LogP contribution in [0, 0.1) is 12.8 Å². The topological polar surface area (TPSA) is 59.8 Å². The summed E-state index contributed by atoms with van der Waals surface area (Å²) in [5.41, 5.74) is 1.89. The Morgan fingerprint density at radius 1 is 1.39 bits per heavy atom. The van der Waals surface area contributed by atoms with Gasteiger partial charge in [0.1, 0.15) is 6.33 Å². The molecule has 5 nitrogen and oxygen atoms in total. The van der Waals surface area contributed by atoms with Crippen LogP contribution in [-0.4, -0.2) is 32.5 Å². The van der Waals surface area contributed by atoms with Crippen LogP contribution in [0.15, 0.2) is 29.7 Å². The van der Waals surface area contributed by atoms with E-state index in [1.54, 1.807) is 6.33 Å². The fraction of sp³-hybridized carbons (Fsp3) is 0.438. The number of carbonyl (C=O) groups excluding carboxylic acids is 1. The number of thioether (sulfide) groups is 1. The normalized spacial score (nSPS) is 12.4. The van der Waals surface area contributed by atoms with Crippen molar-refractivity contribution in [1.82, 2.24) is 20.1 Å². The molecule has 1 aromatic carbocycles. The second kappa shape index (κ2) is 7.84. The van der Waals surface area contributed by atoms with Gasteiger partial charge in [-0.25, -0.2) is 0 Å². The molecule has 23 heavy (non-hydrogen) atoms. The molecule has 1 unspecified atom stereocenters. The monoisotopic (exact) mass is 352 g/mol. The lowest BCUT2D eigenvalue weighted by Gasteiger charge is -2.13. The highest BCUT2D eigenvalue weighted by Gasteiger charge is 2.18. The molecular formula is C16H21ClN4OS. The zero-order valence-corrected chi connectivity index (χ0v) is 15.3. The van der Waals surface area contributed by atoms with Gasteiger partial charge < -0.3 is 5.32 Å². The summed E-state index contributed by atoms with van der Waals surface area (Å²) in [5.74, 6) is 0.426. The van der Waals surface area contributed by atoms with Gasteiger partial charge in [0.15, 0.2) is 5.16 Å². The Morgan fingerprint density at radius 2 is 2.13 bits per heavy atom. The van der Waals surface area contributed by atoms with Gasteiger partial charge in [-0.1, -0.05) is 43.3 Å². The molecule has 2 aromatic rings. The third kappa shape index (κ3) is 4.72. The molecule has 1 aromatic heterocycles. The number of hydrogen-bond acceptors (Lipinski definition) is 4. The first kappa shape index (κ1) is 17.8. The number of hydrogen-bond donors (Lipinski definition) is 1. The van der Waals surface area contributed by atoms with E-state index < -0.39 is 0 Å². The molecule has 0 saturated heterocycles. The maximum atomic E-state index is 12.1. The van der Waals surface area contributed by atoms with Gasteiger partial charge in [0.05, 0.1) is 10.9 Å². The summed E-state index contributed by atoms with van der Waals surface area (Å²) in [7, 11) is 0. The number of amides is 1. The van der Waals surface area contributed by atoms with Gasteiger partial charge in [-0.05, 0) is 37.5 Å². The van der Waals surface area contributed by atoms with Gasteiger partial charge in [-0.15, -0.1) is 10.2 Å². The molecule has 1 heterocycles. The molecule has 0 aliphatic heterocycles. The van der Waals surface area contributed by atoms with E-state index in [1.807, 2.05) is 36.6 Å². The average molecular weight is 353 g/mol. The Labute approximate surface area is 145 Å². The largest absolute Gasteiger partial charge is 0.355 e. The van der Waals surface area contributed by atoms with Crippen LogP contribution in [0.5, 0.6) is 0 Å². The summed E-state index contributed by atoms with van der Waals surface area (Å²) in [6.07, 6.45) is 1.63. The van der Waals surface area contributed by atoms with Crippen molar-refractivity contribution >= 4 is 29.3 Å². The van der Waals surface area contributed by atoms with Crippen LogP contribution < -0.4 is 5.32 Å². The van der Waals surface area contributed by atoms with Crippen molar-refractivity contribution in [3.8, 4) is 5.69 Å². The molecule has 0 aliphatic carbocycles. The standard InChI is InChI=1S/C16H21ClN4OS/c1-10(2)8-18-15(22)12(4)23-16-20-19-9-21(16)13-6-5-11(3)14(17)7-13/h5-7,9-10,12H,8H2,1-4H3,(H,18,22). The Kier molecular flexibility index (Phi) is 6.07. The van der Waals surface area contributed by atoms with Crippen LogP contribution in [0.25, 0.3) is 5.69 Å². The summed E-state index contributed by atoms with van der Waals surface area (Å²) in [6, 6.07) is 5.77. The van der Waals surface area contributed by atoms with Crippen LogP contribution in [0.1, 0.15) is 26.3 Å². The number of rotatable bonds is 6. The highest BCUT2D eigenvalue weighted by Crippen LogP contribution is 2.26. The zero-order valence-electron chi connectivity index (χ0n) is 13.7. The predicted molar refractivity (Wildman–Crippen MR) is 94.3 cm³/mol. The highest BCUT2D eigenvalue weighted by atomic mass is 35.5. The van der Waals surface area contributed by atoms with E-state index in [1.165, 1.54) is 11.8 Å². The van der Waals surface area contributed by atoms with Gasteiger partial charge in [-0.3, -0.25) is 9.36 Å². The number of carbonyl (C=O) groups is 1. The Hall–Kier alpha value is -1.53. The number of aromatic nitrogens is 3. The van der Waals surface area contributed by atoms with Gasteiger partial charge in [0.25, 0.3) is 0 Å². The Balaban J connectivity index is 2.11. The van der Waals surface area contributed by atoms with E-state index in [2.05, 4.69) is 29.4 Å². The highest BCUT2D eigenvalue weighted by molar-refractivity contribution is 8.00. The zero-order chi connectivity index (χ0) is 17.0. The van der Waals surface area contributed by atoms with E-state index in [9.17, 15) is 4.79 Å². The van der Waals surface area contributed by atoms with Crippen molar-refractivity contribution in [2.24, 2.45) is 5.92 Å². The Bertz CT molecular complexity index is 686. The molecule has 0 radical (unpaired) electrons. The van der Waals surface area contributed by atoms with E-state index in [-0.39, 0.29) is 11.2 Å². The quantitative estimate of drug-likeness (QED) is 0.808. The lowest BCUT2D eigenvalue weighted by atomic mass is 10.2. The van der Waals surface area contributed by atoms with Gasteiger partial charge >= 0.3 is 0 Å². The fourth-order valence-corrected chi connectivity index (χ4v) is 2.92. The first-order valence-electron chi connectivity index (χ1n) is 7.49. The predicted octanol–water partition coefficient (Wildman–Crippen LogP) is 3.48. The lowest BCUT2D eigenvalue weighted by molar-refractivity contribution is -0.120. The SMILES string of the molecule is Cc1ccc(-n2cnnc2SC(C)C(=O)NCC(C)C)cc1Cl. The smallest absolute Gasteiger partial charge is 0.233 e. The van der Waals surface area contributed by atoms with Crippen LogP contribution in [-0.2, 0) is 4.79 Å². The molecule has 0 bridgehead atoms. The van der Waals surface area contributed by atoms with Crippen molar-refractivity contribution in [3.63, 3.8) is 0 Å². The number of nitrogens with one attached hydrogen (secondary N) is 1. The molecule has 0 spiro atoms. The van der Waals surface area contributed by atoms with Crippen molar-refractivity contribution in [1.29, 1.82) is 0 Å². The minimum atomic E-state index is -0.252. The molecule has 0 saturated carbocycles. The summed E-state index contributed by atoms with van der Waals surface area (Å²) in [6.45, 7) is 8.62.